The fraction of sp³-hybridized carbons (Fsp3) is 0.231. The number of benzene rings is 3. The van der Waals surface area contributed by atoms with Gasteiger partial charge >= 0.3 is 6.03 Å². The smallest absolute Gasteiger partial charge is 0.319 e. The van der Waals surface area contributed by atoms with Gasteiger partial charge in [0.15, 0.2) is 6.61 Å². The SMILES string of the molecule is O=C(COc1cccc(NC(=O)NCc2ccc(N3CCCC3)cc2)c1)Nc1ccccc1. The predicted octanol–water partition coefficient (Wildman–Crippen LogP) is 4.63. The van der Waals surface area contributed by atoms with Gasteiger partial charge in [-0.25, -0.2) is 4.79 Å². The summed E-state index contributed by atoms with van der Waals surface area (Å²) in [5.74, 6) is 0.238. The third-order valence-corrected chi connectivity index (χ3v) is 5.38. The lowest BCUT2D eigenvalue weighted by atomic mass is 10.2. The van der Waals surface area contributed by atoms with Gasteiger partial charge in [0.2, 0.25) is 0 Å². The minimum atomic E-state index is -0.308. The first-order valence-electron chi connectivity index (χ1n) is 11.1. The second-order valence-electron chi connectivity index (χ2n) is 7.90. The van der Waals surface area contributed by atoms with Gasteiger partial charge in [0.1, 0.15) is 5.75 Å². The summed E-state index contributed by atoms with van der Waals surface area (Å²) in [6.45, 7) is 2.53. The van der Waals surface area contributed by atoms with Crippen molar-refractivity contribution in [1.29, 1.82) is 0 Å². The topological polar surface area (TPSA) is 82.7 Å². The minimum Gasteiger partial charge on any atom is -0.484 e. The molecule has 1 saturated heterocycles. The van der Waals surface area contributed by atoms with Crippen LogP contribution in [-0.4, -0.2) is 31.6 Å². The van der Waals surface area contributed by atoms with Crippen molar-refractivity contribution >= 4 is 29.0 Å². The number of para-hydroxylation sites is 1. The first-order chi connectivity index (χ1) is 16.2. The van der Waals surface area contributed by atoms with Gasteiger partial charge < -0.3 is 25.6 Å². The molecule has 3 amide bonds. The van der Waals surface area contributed by atoms with Crippen LogP contribution in [0, 0.1) is 0 Å². The van der Waals surface area contributed by atoms with E-state index in [2.05, 4.69) is 33.0 Å². The van der Waals surface area contributed by atoms with Crippen molar-refractivity contribution in [3.8, 4) is 5.75 Å². The zero-order valence-corrected chi connectivity index (χ0v) is 18.4. The van der Waals surface area contributed by atoms with Crippen LogP contribution in [-0.2, 0) is 11.3 Å². The maximum atomic E-state index is 12.3. The number of rotatable bonds is 8. The lowest BCUT2D eigenvalue weighted by molar-refractivity contribution is -0.118. The minimum absolute atomic E-state index is 0.127. The van der Waals surface area contributed by atoms with E-state index >= 15 is 0 Å². The van der Waals surface area contributed by atoms with Gasteiger partial charge in [-0.1, -0.05) is 36.4 Å². The summed E-state index contributed by atoms with van der Waals surface area (Å²) in [5, 5.41) is 8.43. The zero-order valence-electron chi connectivity index (χ0n) is 18.4. The monoisotopic (exact) mass is 444 g/mol. The summed E-state index contributed by atoms with van der Waals surface area (Å²) in [6.07, 6.45) is 2.49. The van der Waals surface area contributed by atoms with Crippen molar-refractivity contribution in [1.82, 2.24) is 5.32 Å². The predicted molar refractivity (Wildman–Crippen MR) is 131 cm³/mol. The molecule has 3 aromatic rings. The van der Waals surface area contributed by atoms with Crippen LogP contribution in [0.3, 0.4) is 0 Å². The summed E-state index contributed by atoms with van der Waals surface area (Å²) in [4.78, 5) is 26.7. The Morgan fingerprint density at radius 3 is 2.30 bits per heavy atom. The second kappa shape index (κ2) is 11.0. The van der Waals surface area contributed by atoms with Gasteiger partial charge in [0.25, 0.3) is 5.91 Å². The molecule has 3 aromatic carbocycles. The van der Waals surface area contributed by atoms with Crippen molar-refractivity contribution in [2.45, 2.75) is 19.4 Å². The molecule has 1 heterocycles. The number of nitrogens with zero attached hydrogens (tertiary/aromatic N) is 1. The molecule has 0 bridgehead atoms. The van der Waals surface area contributed by atoms with Crippen LogP contribution in [0.5, 0.6) is 5.75 Å². The van der Waals surface area contributed by atoms with Gasteiger partial charge in [-0.05, 0) is 54.8 Å². The lowest BCUT2D eigenvalue weighted by Crippen LogP contribution is -2.28. The van der Waals surface area contributed by atoms with Gasteiger partial charge in [0.05, 0.1) is 0 Å². The molecule has 0 unspecified atom stereocenters. The van der Waals surface area contributed by atoms with Crippen molar-refractivity contribution in [3.63, 3.8) is 0 Å². The maximum Gasteiger partial charge on any atom is 0.319 e. The average molecular weight is 445 g/mol. The number of hydrogen-bond donors (Lipinski definition) is 3. The van der Waals surface area contributed by atoms with Crippen molar-refractivity contribution in [2.75, 3.05) is 35.2 Å². The van der Waals surface area contributed by atoms with E-state index in [1.807, 2.05) is 42.5 Å². The van der Waals surface area contributed by atoms with Gasteiger partial charge in [-0.2, -0.15) is 0 Å². The van der Waals surface area contributed by atoms with E-state index in [1.165, 1.54) is 18.5 Å². The highest BCUT2D eigenvalue weighted by Gasteiger charge is 2.12. The number of amides is 3. The quantitative estimate of drug-likeness (QED) is 0.473. The lowest BCUT2D eigenvalue weighted by Gasteiger charge is -2.17. The van der Waals surface area contributed by atoms with E-state index < -0.39 is 0 Å². The molecule has 0 radical (unpaired) electrons. The Morgan fingerprint density at radius 2 is 1.55 bits per heavy atom. The molecule has 4 rings (SSSR count). The number of carbonyl (C=O) groups excluding carboxylic acids is 2. The fourth-order valence-electron chi connectivity index (χ4n) is 3.69. The molecule has 7 nitrogen and oxygen atoms in total. The Hall–Kier alpha value is -4.00. The van der Waals surface area contributed by atoms with Gasteiger partial charge in [-0.3, -0.25) is 4.79 Å². The van der Waals surface area contributed by atoms with E-state index in [1.54, 1.807) is 24.3 Å². The summed E-state index contributed by atoms with van der Waals surface area (Å²) in [7, 11) is 0. The number of hydrogen-bond acceptors (Lipinski definition) is 4. The van der Waals surface area contributed by atoms with E-state index in [4.69, 9.17) is 4.74 Å². The van der Waals surface area contributed by atoms with Crippen molar-refractivity contribution in [3.05, 3.63) is 84.4 Å². The number of ether oxygens (including phenoxy) is 1. The van der Waals surface area contributed by atoms with Crippen LogP contribution >= 0.6 is 0 Å². The summed E-state index contributed by atoms with van der Waals surface area (Å²) < 4.78 is 5.56. The van der Waals surface area contributed by atoms with Crippen molar-refractivity contribution in [2.24, 2.45) is 0 Å². The highest BCUT2D eigenvalue weighted by molar-refractivity contribution is 5.92. The Morgan fingerprint density at radius 1 is 0.818 bits per heavy atom. The molecule has 1 fully saturated rings. The molecule has 7 heteroatoms. The van der Waals surface area contributed by atoms with E-state index in [0.29, 0.717) is 23.7 Å². The van der Waals surface area contributed by atoms with Crippen molar-refractivity contribution < 1.29 is 14.3 Å². The van der Waals surface area contributed by atoms with Crippen LogP contribution in [0.2, 0.25) is 0 Å². The molecule has 170 valence electrons. The zero-order chi connectivity index (χ0) is 22.9. The van der Waals surface area contributed by atoms with Crippen LogP contribution in [0.1, 0.15) is 18.4 Å². The molecule has 0 aliphatic carbocycles. The van der Waals surface area contributed by atoms with Crippen LogP contribution < -0.4 is 25.6 Å². The van der Waals surface area contributed by atoms with Crippen LogP contribution in [0.25, 0.3) is 0 Å². The third kappa shape index (κ3) is 6.74. The van der Waals surface area contributed by atoms with Crippen LogP contribution in [0.4, 0.5) is 21.9 Å². The molecule has 1 aliphatic heterocycles. The Labute approximate surface area is 193 Å². The van der Waals surface area contributed by atoms with E-state index in [9.17, 15) is 9.59 Å². The number of carbonyl (C=O) groups is 2. The number of anilines is 3. The van der Waals surface area contributed by atoms with E-state index in [-0.39, 0.29) is 18.5 Å². The largest absolute Gasteiger partial charge is 0.484 e. The average Bonchev–Trinajstić information content (AvgIpc) is 3.38. The first kappa shape index (κ1) is 22.2. The molecule has 3 N–H and O–H groups in total. The molecule has 0 spiro atoms. The molecule has 0 saturated carbocycles. The molecule has 33 heavy (non-hydrogen) atoms. The van der Waals surface area contributed by atoms with Gasteiger partial charge in [-0.15, -0.1) is 0 Å². The van der Waals surface area contributed by atoms with Gasteiger partial charge in [0, 0.05) is 42.8 Å². The highest BCUT2D eigenvalue weighted by atomic mass is 16.5. The maximum absolute atomic E-state index is 12.3. The summed E-state index contributed by atoms with van der Waals surface area (Å²) in [5.41, 5.74) is 3.56. The molecule has 0 aromatic heterocycles. The Bertz CT molecular complexity index is 1060. The highest BCUT2D eigenvalue weighted by Crippen LogP contribution is 2.21. The number of urea groups is 1. The molecular weight excluding hydrogens is 416 g/mol. The summed E-state index contributed by atoms with van der Waals surface area (Å²) >= 11 is 0. The Kier molecular flexibility index (Phi) is 7.43. The first-order valence-corrected chi connectivity index (χ1v) is 11.1. The normalized spacial score (nSPS) is 12.8. The Balaban J connectivity index is 1.22. The number of nitrogens with one attached hydrogen (secondary N) is 3. The summed E-state index contributed by atoms with van der Waals surface area (Å²) in [6, 6.07) is 24.1. The van der Waals surface area contributed by atoms with Crippen LogP contribution in [0.15, 0.2) is 78.9 Å². The van der Waals surface area contributed by atoms with E-state index in [0.717, 1.165) is 18.7 Å². The fourth-order valence-corrected chi connectivity index (χ4v) is 3.69. The third-order valence-electron chi connectivity index (χ3n) is 5.38. The molecule has 0 atom stereocenters. The molecular formula is C26H28N4O3. The second-order valence-corrected chi connectivity index (χ2v) is 7.90. The standard InChI is InChI=1S/C26H28N4O3/c31-25(28-21-7-2-1-3-8-21)19-33-24-10-6-9-22(17-24)29-26(32)27-18-20-11-13-23(14-12-20)30-15-4-5-16-30/h1-3,6-14,17H,4-5,15-16,18-19H2,(H,28,31)(H2,27,29,32). The molecule has 1 aliphatic rings.